The molecule has 1 aromatic rings. The van der Waals surface area contributed by atoms with E-state index in [1.54, 1.807) is 19.2 Å². The fraction of sp³-hybridized carbons (Fsp3) is 0.533. The Bertz CT molecular complexity index is 433. The van der Waals surface area contributed by atoms with Gasteiger partial charge in [0, 0.05) is 31.8 Å². The summed E-state index contributed by atoms with van der Waals surface area (Å²) in [5, 5.41) is 0. The van der Waals surface area contributed by atoms with Gasteiger partial charge in [0.15, 0.2) is 0 Å². The maximum absolute atomic E-state index is 12.3. The smallest absolute Gasteiger partial charge is 0.253 e. The molecule has 1 aromatic carbocycles. The zero-order valence-corrected chi connectivity index (χ0v) is 11.9. The van der Waals surface area contributed by atoms with E-state index < -0.39 is 0 Å². The van der Waals surface area contributed by atoms with E-state index in [1.807, 2.05) is 17.0 Å². The molecular weight excluding hydrogens is 256 g/mol. The first kappa shape index (κ1) is 14.8. The molecule has 0 radical (unpaired) electrons. The van der Waals surface area contributed by atoms with Gasteiger partial charge in [-0.15, -0.1) is 0 Å². The van der Waals surface area contributed by atoms with E-state index in [-0.39, 0.29) is 11.9 Å². The van der Waals surface area contributed by atoms with Crippen molar-refractivity contribution in [3.8, 4) is 5.75 Å². The summed E-state index contributed by atoms with van der Waals surface area (Å²) in [7, 11) is 1.63. The molecule has 1 saturated heterocycles. The number of methoxy groups -OCH3 is 1. The zero-order chi connectivity index (χ0) is 14.4. The molecule has 1 atom stereocenters. The van der Waals surface area contributed by atoms with Gasteiger partial charge in [0.25, 0.3) is 5.91 Å². The highest BCUT2D eigenvalue weighted by Gasteiger charge is 2.22. The predicted octanol–water partition coefficient (Wildman–Crippen LogP) is 1.28. The number of likely N-dealkylation sites (tertiary alicyclic amines) is 1. The maximum Gasteiger partial charge on any atom is 0.253 e. The average Bonchev–Trinajstić information content (AvgIpc) is 2.47. The number of nitrogens with zero attached hydrogens (tertiary/aromatic N) is 1. The zero-order valence-electron chi connectivity index (χ0n) is 11.9. The molecule has 0 aromatic heterocycles. The largest absolute Gasteiger partial charge is 0.491 e. The fourth-order valence-corrected chi connectivity index (χ4v) is 2.31. The predicted molar refractivity (Wildman–Crippen MR) is 76.9 cm³/mol. The number of carbonyl (C=O) groups is 1. The Kier molecular flexibility index (Phi) is 5.38. The highest BCUT2D eigenvalue weighted by atomic mass is 16.5. The molecule has 0 saturated carbocycles. The van der Waals surface area contributed by atoms with Crippen LogP contribution in [0.4, 0.5) is 0 Å². The van der Waals surface area contributed by atoms with Gasteiger partial charge in [0.05, 0.1) is 6.61 Å². The van der Waals surface area contributed by atoms with Crippen molar-refractivity contribution in [1.29, 1.82) is 0 Å². The summed E-state index contributed by atoms with van der Waals surface area (Å²) in [5.41, 5.74) is 6.59. The van der Waals surface area contributed by atoms with Crippen molar-refractivity contribution >= 4 is 5.91 Å². The highest BCUT2D eigenvalue weighted by Crippen LogP contribution is 2.16. The molecule has 0 spiro atoms. The first-order chi connectivity index (χ1) is 9.70. The third kappa shape index (κ3) is 3.95. The lowest BCUT2D eigenvalue weighted by Crippen LogP contribution is -2.45. The molecule has 1 fully saturated rings. The second-order valence-corrected chi connectivity index (χ2v) is 5.02. The first-order valence-corrected chi connectivity index (χ1v) is 6.97. The Morgan fingerprint density at radius 2 is 2.10 bits per heavy atom. The first-order valence-electron chi connectivity index (χ1n) is 6.97. The summed E-state index contributed by atoms with van der Waals surface area (Å²) in [6, 6.07) is 7.32. The van der Waals surface area contributed by atoms with Gasteiger partial charge in [-0.1, -0.05) is 0 Å². The van der Waals surface area contributed by atoms with Crippen molar-refractivity contribution in [3.05, 3.63) is 29.8 Å². The van der Waals surface area contributed by atoms with Crippen molar-refractivity contribution in [2.75, 3.05) is 33.4 Å². The minimum atomic E-state index is 0.0450. The van der Waals surface area contributed by atoms with E-state index in [1.165, 1.54) is 0 Å². The number of hydrogen-bond donors (Lipinski definition) is 1. The minimum absolute atomic E-state index is 0.0450. The van der Waals surface area contributed by atoms with Crippen LogP contribution < -0.4 is 10.5 Å². The molecular formula is C15H22N2O3. The standard InChI is InChI=1S/C15H22N2O3/c1-19-9-10-20-14-6-4-12(5-7-14)15(18)17-8-2-3-13(16)11-17/h4-7,13H,2-3,8-11,16H2,1H3/t13-/m1/s1. The molecule has 2 N–H and O–H groups in total. The Morgan fingerprint density at radius 3 is 2.75 bits per heavy atom. The van der Waals surface area contributed by atoms with E-state index >= 15 is 0 Å². The molecule has 20 heavy (non-hydrogen) atoms. The van der Waals surface area contributed by atoms with Crippen molar-refractivity contribution in [1.82, 2.24) is 4.90 Å². The number of ether oxygens (including phenoxy) is 2. The van der Waals surface area contributed by atoms with Crippen molar-refractivity contribution < 1.29 is 14.3 Å². The summed E-state index contributed by atoms with van der Waals surface area (Å²) >= 11 is 0. The second kappa shape index (κ2) is 7.26. The normalized spacial score (nSPS) is 18.9. The summed E-state index contributed by atoms with van der Waals surface area (Å²) in [6.45, 7) is 2.49. The van der Waals surface area contributed by atoms with E-state index in [9.17, 15) is 4.79 Å². The Balaban J connectivity index is 1.93. The molecule has 1 heterocycles. The summed E-state index contributed by atoms with van der Waals surface area (Å²) in [6.07, 6.45) is 1.97. The number of benzene rings is 1. The summed E-state index contributed by atoms with van der Waals surface area (Å²) in [4.78, 5) is 14.2. The van der Waals surface area contributed by atoms with Gasteiger partial charge in [-0.05, 0) is 37.1 Å². The lowest BCUT2D eigenvalue weighted by Gasteiger charge is -2.30. The van der Waals surface area contributed by atoms with Crippen molar-refractivity contribution in [2.24, 2.45) is 5.73 Å². The molecule has 110 valence electrons. The number of hydrogen-bond acceptors (Lipinski definition) is 4. The van der Waals surface area contributed by atoms with Crippen molar-refractivity contribution in [3.63, 3.8) is 0 Å². The van der Waals surface area contributed by atoms with Crippen LogP contribution in [0.3, 0.4) is 0 Å². The SMILES string of the molecule is COCCOc1ccc(C(=O)N2CCC[C@@H](N)C2)cc1. The Hall–Kier alpha value is -1.59. The minimum Gasteiger partial charge on any atom is -0.491 e. The van der Waals surface area contributed by atoms with Gasteiger partial charge in [-0.3, -0.25) is 4.79 Å². The van der Waals surface area contributed by atoms with Crippen LogP contribution >= 0.6 is 0 Å². The highest BCUT2D eigenvalue weighted by molar-refractivity contribution is 5.94. The van der Waals surface area contributed by atoms with E-state index in [2.05, 4.69) is 0 Å². The van der Waals surface area contributed by atoms with Crippen LogP contribution in [0.15, 0.2) is 24.3 Å². The molecule has 2 rings (SSSR count). The van der Waals surface area contributed by atoms with Crippen LogP contribution in [0.5, 0.6) is 5.75 Å². The molecule has 5 heteroatoms. The molecule has 1 aliphatic rings. The van der Waals surface area contributed by atoms with Gasteiger partial charge < -0.3 is 20.1 Å². The number of amides is 1. The number of piperidine rings is 1. The molecule has 0 unspecified atom stereocenters. The molecule has 5 nitrogen and oxygen atoms in total. The second-order valence-electron chi connectivity index (χ2n) is 5.02. The van der Waals surface area contributed by atoms with Gasteiger partial charge in [0.1, 0.15) is 12.4 Å². The lowest BCUT2D eigenvalue weighted by atomic mass is 10.1. The van der Waals surface area contributed by atoms with Crippen LogP contribution in [0.2, 0.25) is 0 Å². The topological polar surface area (TPSA) is 64.8 Å². The van der Waals surface area contributed by atoms with Gasteiger partial charge in [-0.25, -0.2) is 0 Å². The fourth-order valence-electron chi connectivity index (χ4n) is 2.31. The molecule has 0 bridgehead atoms. The van der Waals surface area contributed by atoms with Crippen LogP contribution in [-0.4, -0.2) is 50.3 Å². The quantitative estimate of drug-likeness (QED) is 0.824. The third-order valence-electron chi connectivity index (χ3n) is 3.40. The van der Waals surface area contributed by atoms with Gasteiger partial charge in [0.2, 0.25) is 0 Å². The Morgan fingerprint density at radius 1 is 1.35 bits per heavy atom. The summed E-state index contributed by atoms with van der Waals surface area (Å²) < 4.78 is 10.4. The monoisotopic (exact) mass is 278 g/mol. The number of nitrogens with two attached hydrogens (primary N) is 1. The number of rotatable bonds is 5. The molecule has 1 aliphatic heterocycles. The van der Waals surface area contributed by atoms with Crippen LogP contribution in [-0.2, 0) is 4.74 Å². The van der Waals surface area contributed by atoms with Gasteiger partial charge >= 0.3 is 0 Å². The average molecular weight is 278 g/mol. The van der Waals surface area contributed by atoms with Crippen LogP contribution in [0, 0.1) is 0 Å². The van der Waals surface area contributed by atoms with Crippen molar-refractivity contribution in [2.45, 2.75) is 18.9 Å². The third-order valence-corrected chi connectivity index (χ3v) is 3.40. The molecule has 0 aliphatic carbocycles. The Labute approximate surface area is 119 Å². The van der Waals surface area contributed by atoms with E-state index in [0.717, 1.165) is 25.1 Å². The van der Waals surface area contributed by atoms with Crippen LogP contribution in [0.1, 0.15) is 23.2 Å². The van der Waals surface area contributed by atoms with E-state index in [4.69, 9.17) is 15.2 Å². The van der Waals surface area contributed by atoms with Gasteiger partial charge in [-0.2, -0.15) is 0 Å². The van der Waals surface area contributed by atoms with E-state index in [0.29, 0.717) is 25.3 Å². The van der Waals surface area contributed by atoms with Crippen LogP contribution in [0.25, 0.3) is 0 Å². The maximum atomic E-state index is 12.3. The summed E-state index contributed by atoms with van der Waals surface area (Å²) in [5.74, 6) is 0.789. The lowest BCUT2D eigenvalue weighted by molar-refractivity contribution is 0.0708. The number of carbonyl (C=O) groups excluding carboxylic acids is 1. The molecule has 1 amide bonds.